The Bertz CT molecular complexity index is 645. The standard InChI is InChI=1S/C14H24N4O5S/c1-11-14(12(2)23-16-11)24(20,21)18-7-5-17(6-8-18)13(19)10-15-4-9-22-3/h15H,4-10H2,1-3H3. The number of rotatable bonds is 7. The molecule has 0 spiro atoms. The normalized spacial score (nSPS) is 16.5. The Morgan fingerprint density at radius 3 is 2.50 bits per heavy atom. The van der Waals surface area contributed by atoms with Crippen LogP contribution in [0.15, 0.2) is 9.42 Å². The first-order valence-corrected chi connectivity index (χ1v) is 9.22. The number of aromatic nitrogens is 1. The van der Waals surface area contributed by atoms with Gasteiger partial charge in [0.2, 0.25) is 15.9 Å². The largest absolute Gasteiger partial charge is 0.383 e. The van der Waals surface area contributed by atoms with Crippen molar-refractivity contribution in [2.45, 2.75) is 18.7 Å². The van der Waals surface area contributed by atoms with E-state index in [2.05, 4.69) is 10.5 Å². The van der Waals surface area contributed by atoms with E-state index in [1.165, 1.54) is 4.31 Å². The van der Waals surface area contributed by atoms with Crippen molar-refractivity contribution in [3.05, 3.63) is 11.5 Å². The van der Waals surface area contributed by atoms with Crippen LogP contribution in [0.2, 0.25) is 0 Å². The van der Waals surface area contributed by atoms with Crippen molar-refractivity contribution in [1.29, 1.82) is 0 Å². The molecule has 1 amide bonds. The fraction of sp³-hybridized carbons (Fsp3) is 0.714. The van der Waals surface area contributed by atoms with Crippen molar-refractivity contribution < 1.29 is 22.5 Å². The lowest BCUT2D eigenvalue weighted by molar-refractivity contribution is -0.131. The van der Waals surface area contributed by atoms with Crippen molar-refractivity contribution in [2.75, 3.05) is 53.0 Å². The van der Waals surface area contributed by atoms with Crippen molar-refractivity contribution in [1.82, 2.24) is 19.7 Å². The van der Waals surface area contributed by atoms with Crippen LogP contribution in [0.4, 0.5) is 0 Å². The first-order chi connectivity index (χ1) is 11.4. The van der Waals surface area contributed by atoms with Crippen LogP contribution >= 0.6 is 0 Å². The number of carbonyl (C=O) groups excluding carboxylic acids is 1. The molecule has 0 saturated carbocycles. The van der Waals surface area contributed by atoms with Crippen LogP contribution in [0, 0.1) is 13.8 Å². The van der Waals surface area contributed by atoms with E-state index in [0.29, 0.717) is 31.9 Å². The molecule has 10 heteroatoms. The van der Waals surface area contributed by atoms with Crippen LogP contribution < -0.4 is 5.32 Å². The van der Waals surface area contributed by atoms with E-state index in [9.17, 15) is 13.2 Å². The second-order valence-corrected chi connectivity index (χ2v) is 7.48. The number of amides is 1. The van der Waals surface area contributed by atoms with Crippen molar-refractivity contribution >= 4 is 15.9 Å². The van der Waals surface area contributed by atoms with E-state index in [4.69, 9.17) is 9.26 Å². The lowest BCUT2D eigenvalue weighted by Gasteiger charge is -2.34. The zero-order chi connectivity index (χ0) is 17.7. The molecule has 1 saturated heterocycles. The molecular formula is C14H24N4O5S. The molecule has 0 bridgehead atoms. The SMILES string of the molecule is COCCNCC(=O)N1CCN(S(=O)(=O)c2c(C)noc2C)CC1. The van der Waals surface area contributed by atoms with Gasteiger partial charge in [-0.2, -0.15) is 4.31 Å². The van der Waals surface area contributed by atoms with Gasteiger partial charge in [0.05, 0.1) is 13.2 Å². The number of ether oxygens (including phenoxy) is 1. The first-order valence-electron chi connectivity index (χ1n) is 7.78. The maximum Gasteiger partial charge on any atom is 0.248 e. The Morgan fingerprint density at radius 2 is 1.96 bits per heavy atom. The summed E-state index contributed by atoms with van der Waals surface area (Å²) in [4.78, 5) is 13.9. The quantitative estimate of drug-likeness (QED) is 0.645. The summed E-state index contributed by atoms with van der Waals surface area (Å²) >= 11 is 0. The molecule has 24 heavy (non-hydrogen) atoms. The number of methoxy groups -OCH3 is 1. The number of hydrogen-bond acceptors (Lipinski definition) is 7. The Labute approximate surface area is 142 Å². The number of nitrogens with zero attached hydrogens (tertiary/aromatic N) is 3. The van der Waals surface area contributed by atoms with Crippen molar-refractivity contribution in [2.24, 2.45) is 0 Å². The molecule has 2 rings (SSSR count). The Balaban J connectivity index is 1.92. The molecule has 1 aliphatic rings. The third kappa shape index (κ3) is 4.12. The lowest BCUT2D eigenvalue weighted by Crippen LogP contribution is -2.52. The molecule has 0 aromatic carbocycles. The molecule has 1 aliphatic heterocycles. The summed E-state index contributed by atoms with van der Waals surface area (Å²) in [5.41, 5.74) is 0.355. The van der Waals surface area contributed by atoms with Crippen LogP contribution in [0.5, 0.6) is 0 Å². The zero-order valence-electron chi connectivity index (χ0n) is 14.2. The smallest absolute Gasteiger partial charge is 0.248 e. The van der Waals surface area contributed by atoms with Gasteiger partial charge >= 0.3 is 0 Å². The van der Waals surface area contributed by atoms with Gasteiger partial charge in [-0.15, -0.1) is 0 Å². The predicted molar refractivity (Wildman–Crippen MR) is 86.1 cm³/mol. The Hall–Kier alpha value is -1.49. The van der Waals surface area contributed by atoms with Crippen LogP contribution in [-0.4, -0.2) is 81.7 Å². The topological polar surface area (TPSA) is 105 Å². The van der Waals surface area contributed by atoms with E-state index in [1.54, 1.807) is 25.9 Å². The van der Waals surface area contributed by atoms with E-state index >= 15 is 0 Å². The second kappa shape index (κ2) is 8.06. The monoisotopic (exact) mass is 360 g/mol. The average molecular weight is 360 g/mol. The molecule has 1 aromatic rings. The van der Waals surface area contributed by atoms with Gasteiger partial charge in [-0.1, -0.05) is 5.16 Å². The minimum Gasteiger partial charge on any atom is -0.383 e. The number of piperazine rings is 1. The van der Waals surface area contributed by atoms with E-state index in [1.807, 2.05) is 0 Å². The fourth-order valence-electron chi connectivity index (χ4n) is 2.63. The summed E-state index contributed by atoms with van der Waals surface area (Å²) < 4.78 is 36.6. The molecule has 1 fully saturated rings. The highest BCUT2D eigenvalue weighted by Gasteiger charge is 2.34. The Kier molecular flexibility index (Phi) is 6.33. The molecule has 0 unspecified atom stereocenters. The summed E-state index contributed by atoms with van der Waals surface area (Å²) in [7, 11) is -2.05. The molecule has 0 aliphatic carbocycles. The number of carbonyl (C=O) groups is 1. The van der Waals surface area contributed by atoms with Crippen LogP contribution in [-0.2, 0) is 19.6 Å². The van der Waals surface area contributed by atoms with Crippen LogP contribution in [0.25, 0.3) is 0 Å². The minimum atomic E-state index is -3.65. The summed E-state index contributed by atoms with van der Waals surface area (Å²) in [6, 6.07) is 0. The Morgan fingerprint density at radius 1 is 1.29 bits per heavy atom. The van der Waals surface area contributed by atoms with E-state index in [0.717, 1.165) is 0 Å². The number of sulfonamides is 1. The van der Waals surface area contributed by atoms with Crippen molar-refractivity contribution in [3.63, 3.8) is 0 Å². The highest BCUT2D eigenvalue weighted by molar-refractivity contribution is 7.89. The first kappa shape index (κ1) is 18.8. The average Bonchev–Trinajstić information content (AvgIpc) is 2.91. The maximum absolute atomic E-state index is 12.7. The summed E-state index contributed by atoms with van der Waals surface area (Å²) in [6.45, 7) is 5.81. The minimum absolute atomic E-state index is 0.0412. The molecular weight excluding hydrogens is 336 g/mol. The number of aryl methyl sites for hydroxylation is 2. The van der Waals surface area contributed by atoms with Gasteiger partial charge in [0.15, 0.2) is 5.76 Å². The van der Waals surface area contributed by atoms with E-state index in [-0.39, 0.29) is 36.2 Å². The molecule has 0 radical (unpaired) electrons. The van der Waals surface area contributed by atoms with Gasteiger partial charge in [-0.3, -0.25) is 4.79 Å². The van der Waals surface area contributed by atoms with Gasteiger partial charge in [0.1, 0.15) is 10.6 Å². The lowest BCUT2D eigenvalue weighted by atomic mass is 10.3. The summed E-state index contributed by atoms with van der Waals surface area (Å²) in [5, 5.41) is 6.70. The number of nitrogens with one attached hydrogen (secondary N) is 1. The van der Waals surface area contributed by atoms with Gasteiger partial charge in [-0.25, -0.2) is 8.42 Å². The molecule has 2 heterocycles. The van der Waals surface area contributed by atoms with Crippen LogP contribution in [0.1, 0.15) is 11.5 Å². The van der Waals surface area contributed by atoms with Crippen LogP contribution in [0.3, 0.4) is 0 Å². The molecule has 0 atom stereocenters. The maximum atomic E-state index is 12.7. The molecule has 1 aromatic heterocycles. The molecule has 9 nitrogen and oxygen atoms in total. The third-order valence-electron chi connectivity index (χ3n) is 3.92. The highest BCUT2D eigenvalue weighted by atomic mass is 32.2. The van der Waals surface area contributed by atoms with Gasteiger partial charge in [0, 0.05) is 39.8 Å². The zero-order valence-corrected chi connectivity index (χ0v) is 15.1. The second-order valence-electron chi connectivity index (χ2n) is 5.61. The number of hydrogen-bond donors (Lipinski definition) is 1. The van der Waals surface area contributed by atoms with Crippen molar-refractivity contribution in [3.8, 4) is 0 Å². The summed E-state index contributed by atoms with van der Waals surface area (Å²) in [5.74, 6) is 0.244. The predicted octanol–water partition coefficient (Wildman–Crippen LogP) is -0.640. The highest BCUT2D eigenvalue weighted by Crippen LogP contribution is 2.24. The molecule has 1 N–H and O–H groups in total. The summed E-state index contributed by atoms with van der Waals surface area (Å²) in [6.07, 6.45) is 0. The fourth-order valence-corrected chi connectivity index (χ4v) is 4.34. The van der Waals surface area contributed by atoms with Gasteiger partial charge < -0.3 is 19.5 Å². The molecule has 136 valence electrons. The van der Waals surface area contributed by atoms with E-state index < -0.39 is 10.0 Å². The van der Waals surface area contributed by atoms with Gasteiger partial charge in [0.25, 0.3) is 0 Å². The third-order valence-corrected chi connectivity index (χ3v) is 6.06. The van der Waals surface area contributed by atoms with Gasteiger partial charge in [-0.05, 0) is 13.8 Å².